The van der Waals surface area contributed by atoms with Gasteiger partial charge in [0.15, 0.2) is 9.84 Å². The van der Waals surface area contributed by atoms with Crippen LogP contribution in [0.1, 0.15) is 27.2 Å². The van der Waals surface area contributed by atoms with E-state index in [4.69, 9.17) is 0 Å². The number of rotatable bonds is 6. The topological polar surface area (TPSA) is 46.2 Å². The van der Waals surface area contributed by atoms with Crippen LogP contribution < -0.4 is 5.32 Å². The molecule has 2 atom stereocenters. The first-order valence-electron chi connectivity index (χ1n) is 6.23. The fraction of sp³-hybridized carbons (Fsp3) is 0.538. The summed E-state index contributed by atoms with van der Waals surface area (Å²) in [6.45, 7) is 5.91. The van der Waals surface area contributed by atoms with Crippen LogP contribution in [0.5, 0.6) is 0 Å². The lowest BCUT2D eigenvalue weighted by atomic mass is 10.2. The quantitative estimate of drug-likeness (QED) is 0.819. The molecule has 0 fully saturated rings. The SMILES string of the molecule is CCCNC(C)C(C)S(=O)(=O)c1ccc(F)cc1F. The highest BCUT2D eigenvalue weighted by atomic mass is 32.2. The molecule has 6 heteroatoms. The molecular weight excluding hydrogens is 272 g/mol. The fourth-order valence-electron chi connectivity index (χ4n) is 1.71. The molecule has 3 nitrogen and oxygen atoms in total. The van der Waals surface area contributed by atoms with Crippen molar-refractivity contribution in [1.29, 1.82) is 0 Å². The summed E-state index contributed by atoms with van der Waals surface area (Å²) in [6, 6.07) is 2.20. The lowest BCUT2D eigenvalue weighted by Crippen LogP contribution is -2.40. The van der Waals surface area contributed by atoms with Gasteiger partial charge in [0.25, 0.3) is 0 Å². The van der Waals surface area contributed by atoms with Gasteiger partial charge >= 0.3 is 0 Å². The van der Waals surface area contributed by atoms with E-state index in [-0.39, 0.29) is 6.04 Å². The van der Waals surface area contributed by atoms with Crippen LogP contribution in [0.4, 0.5) is 8.78 Å². The van der Waals surface area contributed by atoms with E-state index in [0.717, 1.165) is 18.6 Å². The van der Waals surface area contributed by atoms with E-state index in [2.05, 4.69) is 5.32 Å². The summed E-state index contributed by atoms with van der Waals surface area (Å²) in [5.41, 5.74) is 0. The molecule has 108 valence electrons. The van der Waals surface area contributed by atoms with Crippen molar-refractivity contribution in [3.63, 3.8) is 0 Å². The Bertz CT molecular complexity index is 531. The molecule has 0 aliphatic heterocycles. The maximum Gasteiger partial charge on any atom is 0.185 e. The minimum atomic E-state index is -3.82. The second-order valence-electron chi connectivity index (χ2n) is 4.57. The predicted octanol–water partition coefficient (Wildman–Crippen LogP) is 2.52. The minimum Gasteiger partial charge on any atom is -0.313 e. The molecule has 0 saturated carbocycles. The Morgan fingerprint density at radius 1 is 1.26 bits per heavy atom. The monoisotopic (exact) mass is 291 g/mol. The minimum absolute atomic E-state index is 0.311. The highest BCUT2D eigenvalue weighted by molar-refractivity contribution is 7.92. The number of benzene rings is 1. The summed E-state index contributed by atoms with van der Waals surface area (Å²) >= 11 is 0. The van der Waals surface area contributed by atoms with Gasteiger partial charge in [0, 0.05) is 12.1 Å². The molecule has 0 aliphatic rings. The third-order valence-electron chi connectivity index (χ3n) is 3.11. The van der Waals surface area contributed by atoms with Crippen molar-refractivity contribution in [3.05, 3.63) is 29.8 Å². The molecule has 0 saturated heterocycles. The van der Waals surface area contributed by atoms with Gasteiger partial charge in [0.2, 0.25) is 0 Å². The summed E-state index contributed by atoms with van der Waals surface area (Å²) < 4.78 is 50.9. The summed E-state index contributed by atoms with van der Waals surface area (Å²) in [7, 11) is -3.82. The Morgan fingerprint density at radius 3 is 2.42 bits per heavy atom. The van der Waals surface area contributed by atoms with Crippen LogP contribution in [0, 0.1) is 11.6 Å². The maximum absolute atomic E-state index is 13.6. The van der Waals surface area contributed by atoms with Crippen LogP contribution in [-0.4, -0.2) is 26.3 Å². The van der Waals surface area contributed by atoms with Gasteiger partial charge < -0.3 is 5.32 Å². The van der Waals surface area contributed by atoms with E-state index < -0.39 is 31.6 Å². The molecule has 2 unspecified atom stereocenters. The first kappa shape index (κ1) is 16.0. The molecule has 0 heterocycles. The average Bonchev–Trinajstić information content (AvgIpc) is 2.34. The zero-order valence-electron chi connectivity index (χ0n) is 11.3. The molecule has 0 aromatic heterocycles. The van der Waals surface area contributed by atoms with Crippen LogP contribution in [-0.2, 0) is 9.84 Å². The molecule has 19 heavy (non-hydrogen) atoms. The number of hydrogen-bond acceptors (Lipinski definition) is 3. The Kier molecular flexibility index (Phi) is 5.43. The second kappa shape index (κ2) is 6.43. The van der Waals surface area contributed by atoms with Gasteiger partial charge in [-0.15, -0.1) is 0 Å². The largest absolute Gasteiger partial charge is 0.313 e. The van der Waals surface area contributed by atoms with Crippen molar-refractivity contribution in [1.82, 2.24) is 5.32 Å². The van der Waals surface area contributed by atoms with Crippen LogP contribution >= 0.6 is 0 Å². The Morgan fingerprint density at radius 2 is 1.89 bits per heavy atom. The van der Waals surface area contributed by atoms with Crippen LogP contribution in [0.3, 0.4) is 0 Å². The van der Waals surface area contributed by atoms with Gasteiger partial charge in [-0.1, -0.05) is 6.92 Å². The molecule has 1 aromatic rings. The van der Waals surface area contributed by atoms with Crippen molar-refractivity contribution in [3.8, 4) is 0 Å². The summed E-state index contributed by atoms with van der Waals surface area (Å²) in [5.74, 6) is -1.84. The third-order valence-corrected chi connectivity index (χ3v) is 5.44. The van der Waals surface area contributed by atoms with Crippen molar-refractivity contribution < 1.29 is 17.2 Å². The van der Waals surface area contributed by atoms with Gasteiger partial charge in [0.1, 0.15) is 16.5 Å². The van der Waals surface area contributed by atoms with Gasteiger partial charge in [-0.05, 0) is 38.9 Å². The van der Waals surface area contributed by atoms with Crippen LogP contribution in [0.2, 0.25) is 0 Å². The van der Waals surface area contributed by atoms with Gasteiger partial charge in [0.05, 0.1) is 5.25 Å². The van der Waals surface area contributed by atoms with Crippen molar-refractivity contribution in [2.75, 3.05) is 6.54 Å². The number of nitrogens with one attached hydrogen (secondary N) is 1. The zero-order chi connectivity index (χ0) is 14.6. The highest BCUT2D eigenvalue weighted by Crippen LogP contribution is 2.22. The summed E-state index contributed by atoms with van der Waals surface area (Å²) in [5, 5.41) is 2.27. The zero-order valence-corrected chi connectivity index (χ0v) is 12.1. The molecule has 0 radical (unpaired) electrons. The third kappa shape index (κ3) is 3.73. The van der Waals surface area contributed by atoms with Gasteiger partial charge in [-0.2, -0.15) is 0 Å². The fourth-order valence-corrected chi connectivity index (χ4v) is 3.34. The second-order valence-corrected chi connectivity index (χ2v) is 6.84. The highest BCUT2D eigenvalue weighted by Gasteiger charge is 2.30. The first-order chi connectivity index (χ1) is 8.80. The molecule has 1 aromatic carbocycles. The number of sulfone groups is 1. The van der Waals surface area contributed by atoms with Crippen LogP contribution in [0.15, 0.2) is 23.1 Å². The van der Waals surface area contributed by atoms with E-state index in [9.17, 15) is 17.2 Å². The molecule has 0 bridgehead atoms. The maximum atomic E-state index is 13.6. The molecule has 1 N–H and O–H groups in total. The van der Waals surface area contributed by atoms with Crippen molar-refractivity contribution in [2.24, 2.45) is 0 Å². The normalized spacial score (nSPS) is 15.2. The van der Waals surface area contributed by atoms with E-state index in [1.165, 1.54) is 6.92 Å². The molecule has 1 rings (SSSR count). The van der Waals surface area contributed by atoms with E-state index in [0.29, 0.717) is 12.6 Å². The van der Waals surface area contributed by atoms with Gasteiger partial charge in [-0.3, -0.25) is 0 Å². The molecule has 0 spiro atoms. The lowest BCUT2D eigenvalue weighted by Gasteiger charge is -2.21. The van der Waals surface area contributed by atoms with E-state index in [1.807, 2.05) is 6.92 Å². The smallest absolute Gasteiger partial charge is 0.185 e. The first-order valence-corrected chi connectivity index (χ1v) is 7.77. The Hall–Kier alpha value is -1.01. The summed E-state index contributed by atoms with van der Waals surface area (Å²) in [4.78, 5) is -0.452. The average molecular weight is 291 g/mol. The Labute approximate surface area is 112 Å². The summed E-state index contributed by atoms with van der Waals surface area (Å²) in [6.07, 6.45) is 0.877. The van der Waals surface area contributed by atoms with Crippen LogP contribution in [0.25, 0.3) is 0 Å². The van der Waals surface area contributed by atoms with E-state index in [1.54, 1.807) is 6.92 Å². The lowest BCUT2D eigenvalue weighted by molar-refractivity contribution is 0.502. The molecule has 0 amide bonds. The van der Waals surface area contributed by atoms with Crippen molar-refractivity contribution >= 4 is 9.84 Å². The number of halogens is 2. The molecular formula is C13H19F2NO2S. The van der Waals surface area contributed by atoms with Gasteiger partial charge in [-0.25, -0.2) is 17.2 Å². The predicted molar refractivity (Wildman–Crippen MR) is 70.8 cm³/mol. The van der Waals surface area contributed by atoms with E-state index >= 15 is 0 Å². The number of hydrogen-bond donors (Lipinski definition) is 1. The van der Waals surface area contributed by atoms with Crippen molar-refractivity contribution in [2.45, 2.75) is 43.4 Å². The standard InChI is InChI=1S/C13H19F2NO2S/c1-4-7-16-9(2)10(3)19(17,18)13-6-5-11(14)8-12(13)15/h5-6,8-10,16H,4,7H2,1-3H3. The molecule has 0 aliphatic carbocycles. The Balaban J connectivity index is 3.02.